The lowest BCUT2D eigenvalue weighted by Crippen LogP contribution is -2.31. The topological polar surface area (TPSA) is 118 Å². The Bertz CT molecular complexity index is 1330. The van der Waals surface area contributed by atoms with Gasteiger partial charge in [0.15, 0.2) is 0 Å². The first-order valence-corrected chi connectivity index (χ1v) is 11.4. The van der Waals surface area contributed by atoms with E-state index in [4.69, 9.17) is 16.3 Å². The van der Waals surface area contributed by atoms with E-state index in [0.717, 1.165) is 0 Å². The van der Waals surface area contributed by atoms with Crippen LogP contribution in [0.1, 0.15) is 45.3 Å². The van der Waals surface area contributed by atoms with Gasteiger partial charge in [0.05, 0.1) is 25.1 Å². The number of methoxy groups -OCH3 is 1. The first kappa shape index (κ1) is 24.3. The standard InChI is InChI=1S/C25H25ClN4O5/c1-14-18(15(2)28-20(14)25(34)35-3)22(31)19-21(16-6-4-7-17(26)12-16)30(24(33)23(19)32)10-5-9-29-11-8-27-13-29/h4,6-8,11-13,21,28,31H,5,9-10H2,1-3H3. The van der Waals surface area contributed by atoms with Crippen molar-refractivity contribution in [3.05, 3.63) is 81.7 Å². The molecule has 182 valence electrons. The number of aromatic amines is 1. The Morgan fingerprint density at radius 1 is 1.26 bits per heavy atom. The normalized spacial score (nSPS) is 17.3. The van der Waals surface area contributed by atoms with Gasteiger partial charge in [-0.1, -0.05) is 23.7 Å². The number of rotatable bonds is 7. The summed E-state index contributed by atoms with van der Waals surface area (Å²) in [6, 6.07) is 6.01. The van der Waals surface area contributed by atoms with Crippen LogP contribution >= 0.6 is 11.6 Å². The third-order valence-corrected chi connectivity index (χ3v) is 6.38. The number of H-pyrrole nitrogens is 1. The van der Waals surface area contributed by atoms with Gasteiger partial charge in [0.25, 0.3) is 11.7 Å². The summed E-state index contributed by atoms with van der Waals surface area (Å²) in [6.07, 6.45) is 5.73. The van der Waals surface area contributed by atoms with Crippen LogP contribution in [0.15, 0.2) is 48.6 Å². The molecule has 1 aromatic carbocycles. The van der Waals surface area contributed by atoms with E-state index >= 15 is 0 Å². The van der Waals surface area contributed by atoms with Crippen molar-refractivity contribution in [1.29, 1.82) is 0 Å². The van der Waals surface area contributed by atoms with E-state index in [9.17, 15) is 19.5 Å². The molecule has 3 aromatic rings. The number of halogens is 1. The summed E-state index contributed by atoms with van der Waals surface area (Å²) >= 11 is 6.23. The number of aliphatic hydroxyl groups is 1. The fourth-order valence-corrected chi connectivity index (χ4v) is 4.72. The highest BCUT2D eigenvalue weighted by atomic mass is 35.5. The van der Waals surface area contributed by atoms with Gasteiger partial charge in [-0.2, -0.15) is 0 Å². The molecule has 1 atom stereocenters. The average Bonchev–Trinajstić information content (AvgIpc) is 3.52. The van der Waals surface area contributed by atoms with Gasteiger partial charge in [-0.15, -0.1) is 0 Å². The summed E-state index contributed by atoms with van der Waals surface area (Å²) in [5, 5.41) is 11.8. The van der Waals surface area contributed by atoms with E-state index in [1.165, 1.54) is 12.0 Å². The first-order chi connectivity index (χ1) is 16.7. The largest absolute Gasteiger partial charge is 0.507 e. The number of Topliss-reactive ketones (excluding diaryl/α,β-unsaturated/α-hetero) is 1. The monoisotopic (exact) mass is 496 g/mol. The highest BCUT2D eigenvalue weighted by molar-refractivity contribution is 6.46. The number of carbonyl (C=O) groups excluding carboxylic acids is 3. The van der Waals surface area contributed by atoms with Gasteiger partial charge >= 0.3 is 5.97 Å². The Morgan fingerprint density at radius 3 is 2.69 bits per heavy atom. The molecule has 3 heterocycles. The fraction of sp³-hybridized carbons (Fsp3) is 0.280. The van der Waals surface area contributed by atoms with Crippen LogP contribution in [0.4, 0.5) is 0 Å². The van der Waals surface area contributed by atoms with Gasteiger partial charge in [0.1, 0.15) is 11.5 Å². The van der Waals surface area contributed by atoms with Crippen LogP contribution in [0.2, 0.25) is 5.02 Å². The van der Waals surface area contributed by atoms with Crippen LogP contribution < -0.4 is 0 Å². The third-order valence-electron chi connectivity index (χ3n) is 6.14. The highest BCUT2D eigenvalue weighted by Crippen LogP contribution is 2.41. The Morgan fingerprint density at radius 2 is 2.03 bits per heavy atom. The van der Waals surface area contributed by atoms with Crippen LogP contribution in [0.3, 0.4) is 0 Å². The van der Waals surface area contributed by atoms with Gasteiger partial charge in [0, 0.05) is 41.8 Å². The molecule has 1 aliphatic rings. The maximum Gasteiger partial charge on any atom is 0.354 e. The number of benzene rings is 1. The summed E-state index contributed by atoms with van der Waals surface area (Å²) in [5.41, 5.74) is 1.88. The van der Waals surface area contributed by atoms with Crippen molar-refractivity contribution >= 4 is 35.0 Å². The minimum atomic E-state index is -0.841. The second-order valence-corrected chi connectivity index (χ2v) is 8.75. The number of hydrogen-bond acceptors (Lipinski definition) is 6. The van der Waals surface area contributed by atoms with E-state index in [0.29, 0.717) is 34.8 Å². The van der Waals surface area contributed by atoms with Crippen molar-refractivity contribution in [2.75, 3.05) is 13.7 Å². The van der Waals surface area contributed by atoms with Gasteiger partial charge in [-0.05, 0) is 43.5 Å². The Kier molecular flexibility index (Phi) is 6.79. The molecule has 1 saturated heterocycles. The Hall–Kier alpha value is -3.85. The second-order valence-electron chi connectivity index (χ2n) is 8.32. The van der Waals surface area contributed by atoms with E-state index in [1.54, 1.807) is 50.6 Å². The molecule has 10 heteroatoms. The number of esters is 1. The third kappa shape index (κ3) is 4.46. The van der Waals surface area contributed by atoms with Crippen molar-refractivity contribution in [3.8, 4) is 0 Å². The fourth-order valence-electron chi connectivity index (χ4n) is 4.52. The van der Waals surface area contributed by atoms with Crippen molar-refractivity contribution < 1.29 is 24.2 Å². The van der Waals surface area contributed by atoms with Gasteiger partial charge in [-0.25, -0.2) is 9.78 Å². The minimum Gasteiger partial charge on any atom is -0.507 e. The molecule has 0 aliphatic carbocycles. The lowest BCUT2D eigenvalue weighted by Gasteiger charge is -2.25. The predicted octanol–water partition coefficient (Wildman–Crippen LogP) is 3.78. The maximum atomic E-state index is 13.3. The molecule has 35 heavy (non-hydrogen) atoms. The van der Waals surface area contributed by atoms with E-state index in [1.807, 2.05) is 10.8 Å². The molecule has 0 bridgehead atoms. The zero-order valence-electron chi connectivity index (χ0n) is 19.5. The summed E-state index contributed by atoms with van der Waals surface area (Å²) in [4.78, 5) is 46.9. The van der Waals surface area contributed by atoms with Crippen LogP contribution in [-0.4, -0.2) is 55.9 Å². The summed E-state index contributed by atoms with van der Waals surface area (Å²) in [5.74, 6) is -2.46. The Labute approximate surface area is 207 Å². The number of nitrogens with one attached hydrogen (secondary N) is 1. The summed E-state index contributed by atoms with van der Waals surface area (Å²) in [6.45, 7) is 4.18. The molecule has 0 saturated carbocycles. The summed E-state index contributed by atoms with van der Waals surface area (Å²) < 4.78 is 6.69. The number of amides is 1. The highest BCUT2D eigenvalue weighted by Gasteiger charge is 2.46. The van der Waals surface area contributed by atoms with Crippen molar-refractivity contribution in [1.82, 2.24) is 19.4 Å². The smallest absolute Gasteiger partial charge is 0.354 e. The van der Waals surface area contributed by atoms with Crippen LogP contribution in [0.5, 0.6) is 0 Å². The lowest BCUT2D eigenvalue weighted by molar-refractivity contribution is -0.139. The number of imidazole rings is 1. The van der Waals surface area contributed by atoms with Crippen LogP contribution in [-0.2, 0) is 20.9 Å². The SMILES string of the molecule is COC(=O)c1[nH]c(C)c(C(O)=C2C(=O)C(=O)N(CCCn3ccnc3)C2c2cccc(Cl)c2)c1C. The van der Waals surface area contributed by atoms with E-state index in [-0.39, 0.29) is 29.1 Å². The van der Waals surface area contributed by atoms with Gasteiger partial charge in [-0.3, -0.25) is 9.59 Å². The lowest BCUT2D eigenvalue weighted by atomic mass is 9.94. The van der Waals surface area contributed by atoms with Gasteiger partial charge in [0.2, 0.25) is 0 Å². The maximum absolute atomic E-state index is 13.3. The zero-order valence-corrected chi connectivity index (χ0v) is 20.3. The number of aliphatic hydroxyl groups excluding tert-OH is 1. The number of nitrogens with zero attached hydrogens (tertiary/aromatic N) is 3. The minimum absolute atomic E-state index is 0.0542. The van der Waals surface area contributed by atoms with Crippen molar-refractivity contribution in [3.63, 3.8) is 0 Å². The predicted molar refractivity (Wildman–Crippen MR) is 129 cm³/mol. The Balaban J connectivity index is 1.80. The second kappa shape index (κ2) is 9.79. The molecule has 1 unspecified atom stereocenters. The molecule has 1 amide bonds. The van der Waals surface area contributed by atoms with Crippen molar-refractivity contribution in [2.24, 2.45) is 0 Å². The molecular weight excluding hydrogens is 472 g/mol. The number of likely N-dealkylation sites (tertiary alicyclic amines) is 1. The molecule has 0 spiro atoms. The molecule has 0 radical (unpaired) electrons. The molecule has 9 nitrogen and oxygen atoms in total. The van der Waals surface area contributed by atoms with Crippen LogP contribution in [0.25, 0.3) is 5.76 Å². The molecule has 2 aromatic heterocycles. The van der Waals surface area contributed by atoms with Gasteiger partial charge < -0.3 is 24.3 Å². The van der Waals surface area contributed by atoms with E-state index < -0.39 is 23.7 Å². The molecule has 1 fully saturated rings. The number of aryl methyl sites for hydroxylation is 2. The van der Waals surface area contributed by atoms with Crippen LogP contribution in [0, 0.1) is 13.8 Å². The quantitative estimate of drug-likeness (QED) is 0.222. The molecule has 4 rings (SSSR count). The average molecular weight is 497 g/mol. The zero-order chi connectivity index (χ0) is 25.3. The number of carbonyl (C=O) groups is 3. The number of hydrogen-bond donors (Lipinski definition) is 2. The van der Waals surface area contributed by atoms with Crippen molar-refractivity contribution in [2.45, 2.75) is 32.9 Å². The number of ketones is 1. The number of aromatic nitrogens is 3. The molecular formula is C25H25ClN4O5. The summed E-state index contributed by atoms with van der Waals surface area (Å²) in [7, 11) is 1.26. The molecule has 2 N–H and O–H groups in total. The number of ether oxygens (including phenoxy) is 1. The molecule has 1 aliphatic heterocycles. The van der Waals surface area contributed by atoms with E-state index in [2.05, 4.69) is 9.97 Å². The first-order valence-electron chi connectivity index (χ1n) is 11.0.